The maximum atomic E-state index is 2.29. The third kappa shape index (κ3) is 4.21. The van der Waals surface area contributed by atoms with Gasteiger partial charge in [0, 0.05) is 42.3 Å². The standard InChI is InChI=1S/C25H31N4/c1-4-5-6-7-13-28-16-10-22(11-17-28)24-20-29-18-12-23(19-25(29)27(24)3)21-8-14-26(2)15-9-21/h8-12,14-20H,4-7,13H2,1-3H3/q+3. The molecule has 148 valence electrons. The average molecular weight is 388 g/mol. The Morgan fingerprint density at radius 3 is 2.21 bits per heavy atom. The number of fused-ring (bicyclic) bond motifs is 1. The largest absolute Gasteiger partial charge is 0.287 e. The second kappa shape index (κ2) is 8.56. The van der Waals surface area contributed by atoms with Crippen LogP contribution in [0.4, 0.5) is 0 Å². The molecule has 0 saturated carbocycles. The van der Waals surface area contributed by atoms with Crippen LogP contribution < -0.4 is 13.5 Å². The van der Waals surface area contributed by atoms with Crippen molar-refractivity contribution in [2.24, 2.45) is 14.1 Å². The van der Waals surface area contributed by atoms with Gasteiger partial charge < -0.3 is 0 Å². The quantitative estimate of drug-likeness (QED) is 0.339. The number of rotatable bonds is 7. The summed E-state index contributed by atoms with van der Waals surface area (Å²) in [6.07, 6.45) is 18.1. The van der Waals surface area contributed by atoms with Crippen LogP contribution in [0.1, 0.15) is 32.6 Å². The first-order valence-electron chi connectivity index (χ1n) is 10.6. The summed E-state index contributed by atoms with van der Waals surface area (Å²) >= 11 is 0. The lowest BCUT2D eigenvalue weighted by molar-refractivity contribution is -0.697. The highest BCUT2D eigenvalue weighted by Crippen LogP contribution is 2.22. The zero-order valence-electron chi connectivity index (χ0n) is 17.8. The molecule has 0 amide bonds. The van der Waals surface area contributed by atoms with Gasteiger partial charge in [0.1, 0.15) is 19.8 Å². The highest BCUT2D eigenvalue weighted by atomic mass is 15.1. The van der Waals surface area contributed by atoms with E-state index in [-0.39, 0.29) is 0 Å². The van der Waals surface area contributed by atoms with E-state index in [0.717, 1.165) is 6.54 Å². The van der Waals surface area contributed by atoms with Gasteiger partial charge in [0.25, 0.3) is 5.65 Å². The lowest BCUT2D eigenvalue weighted by atomic mass is 10.1. The second-order valence-corrected chi connectivity index (χ2v) is 7.89. The number of imidazole rings is 1. The second-order valence-electron chi connectivity index (χ2n) is 7.89. The van der Waals surface area contributed by atoms with Crippen LogP contribution in [0.15, 0.2) is 73.6 Å². The van der Waals surface area contributed by atoms with Crippen molar-refractivity contribution in [1.82, 2.24) is 4.57 Å². The van der Waals surface area contributed by atoms with Gasteiger partial charge in [-0.15, -0.1) is 0 Å². The van der Waals surface area contributed by atoms with Crippen molar-refractivity contribution in [3.63, 3.8) is 0 Å². The van der Waals surface area contributed by atoms with Gasteiger partial charge in [-0.05, 0) is 23.6 Å². The molecule has 0 aliphatic rings. The maximum absolute atomic E-state index is 2.29. The first kappa shape index (κ1) is 19.3. The fourth-order valence-electron chi connectivity index (χ4n) is 3.86. The number of aryl methyl sites for hydroxylation is 3. The van der Waals surface area contributed by atoms with Crippen molar-refractivity contribution in [2.45, 2.75) is 39.2 Å². The van der Waals surface area contributed by atoms with Crippen LogP contribution >= 0.6 is 0 Å². The van der Waals surface area contributed by atoms with E-state index in [0.29, 0.717) is 0 Å². The Bertz CT molecular complexity index is 1090. The Kier molecular flexibility index (Phi) is 5.70. The molecule has 4 heterocycles. The van der Waals surface area contributed by atoms with Gasteiger partial charge in [0.05, 0.1) is 13.2 Å². The van der Waals surface area contributed by atoms with Crippen molar-refractivity contribution in [3.8, 4) is 22.4 Å². The molecule has 4 nitrogen and oxygen atoms in total. The summed E-state index contributed by atoms with van der Waals surface area (Å²) in [6.45, 7) is 3.36. The van der Waals surface area contributed by atoms with Gasteiger partial charge >= 0.3 is 0 Å². The number of unbranched alkanes of at least 4 members (excludes halogenated alkanes) is 3. The predicted molar refractivity (Wildman–Crippen MR) is 115 cm³/mol. The van der Waals surface area contributed by atoms with Gasteiger partial charge in [-0.2, -0.15) is 0 Å². The van der Waals surface area contributed by atoms with Crippen LogP contribution in [0.25, 0.3) is 28.0 Å². The third-order valence-electron chi connectivity index (χ3n) is 5.70. The van der Waals surface area contributed by atoms with E-state index in [1.807, 2.05) is 7.05 Å². The molecular formula is C25H31N4+3. The SMILES string of the molecule is CCCCCC[n+]1ccc(-c2c[n+]3ccc(-c4cc[n+](C)cc4)cc3n2C)cc1. The van der Waals surface area contributed by atoms with Crippen molar-refractivity contribution >= 4 is 5.65 Å². The molecule has 0 aromatic carbocycles. The van der Waals surface area contributed by atoms with Gasteiger partial charge in [-0.25, -0.2) is 18.1 Å². The molecule has 0 N–H and O–H groups in total. The van der Waals surface area contributed by atoms with E-state index in [4.69, 9.17) is 0 Å². The van der Waals surface area contributed by atoms with E-state index in [1.165, 1.54) is 53.7 Å². The molecule has 0 unspecified atom stereocenters. The minimum atomic E-state index is 1.10. The van der Waals surface area contributed by atoms with Gasteiger partial charge in [0.15, 0.2) is 30.5 Å². The van der Waals surface area contributed by atoms with Gasteiger partial charge in [0.2, 0.25) is 0 Å². The molecule has 4 aromatic rings. The molecule has 4 aromatic heterocycles. The fraction of sp³-hybridized carbons (Fsp3) is 0.320. The number of pyridine rings is 3. The molecule has 0 radical (unpaired) electrons. The van der Waals surface area contributed by atoms with Crippen molar-refractivity contribution in [1.29, 1.82) is 0 Å². The van der Waals surface area contributed by atoms with Crippen LogP contribution in [0.3, 0.4) is 0 Å². The zero-order valence-corrected chi connectivity index (χ0v) is 17.8. The minimum absolute atomic E-state index is 1.10. The van der Waals surface area contributed by atoms with E-state index >= 15 is 0 Å². The Hall–Kier alpha value is -3.01. The Morgan fingerprint density at radius 1 is 0.793 bits per heavy atom. The molecule has 0 spiro atoms. The first-order chi connectivity index (χ1) is 14.2. The predicted octanol–water partition coefficient (Wildman–Crippen LogP) is 3.79. The summed E-state index contributed by atoms with van der Waals surface area (Å²) in [5, 5.41) is 0. The number of hydrogen-bond acceptors (Lipinski definition) is 0. The smallest absolute Gasteiger partial charge is 0.226 e. The molecule has 29 heavy (non-hydrogen) atoms. The highest BCUT2D eigenvalue weighted by Gasteiger charge is 2.18. The van der Waals surface area contributed by atoms with E-state index in [2.05, 4.69) is 106 Å². The van der Waals surface area contributed by atoms with Crippen LogP contribution in [-0.4, -0.2) is 4.57 Å². The number of nitrogens with zero attached hydrogens (tertiary/aromatic N) is 4. The van der Waals surface area contributed by atoms with Crippen LogP contribution in [0.5, 0.6) is 0 Å². The Balaban J connectivity index is 1.59. The summed E-state index contributed by atoms with van der Waals surface area (Å²) in [4.78, 5) is 0. The van der Waals surface area contributed by atoms with Crippen molar-refractivity contribution in [3.05, 3.63) is 73.6 Å². The molecule has 0 bridgehead atoms. The number of aromatic nitrogens is 4. The topological polar surface area (TPSA) is 16.8 Å². The highest BCUT2D eigenvalue weighted by molar-refractivity contribution is 5.67. The summed E-state index contributed by atoms with van der Waals surface area (Å²) in [5.41, 5.74) is 6.12. The molecule has 0 fully saturated rings. The number of hydrogen-bond donors (Lipinski definition) is 0. The normalized spacial score (nSPS) is 11.3. The lowest BCUT2D eigenvalue weighted by Crippen LogP contribution is -2.32. The van der Waals surface area contributed by atoms with Crippen LogP contribution in [0, 0.1) is 0 Å². The maximum Gasteiger partial charge on any atom is 0.287 e. The zero-order chi connectivity index (χ0) is 20.2. The van der Waals surface area contributed by atoms with Crippen molar-refractivity contribution < 1.29 is 13.5 Å². The molecule has 0 aliphatic heterocycles. The minimum Gasteiger partial charge on any atom is -0.226 e. The molecule has 4 heteroatoms. The molecule has 0 aliphatic carbocycles. The fourth-order valence-corrected chi connectivity index (χ4v) is 3.86. The average Bonchev–Trinajstić information content (AvgIpc) is 3.08. The summed E-state index contributed by atoms with van der Waals surface area (Å²) in [6, 6.07) is 13.2. The molecule has 4 rings (SSSR count). The van der Waals surface area contributed by atoms with E-state index in [9.17, 15) is 0 Å². The third-order valence-corrected chi connectivity index (χ3v) is 5.70. The first-order valence-corrected chi connectivity index (χ1v) is 10.6. The van der Waals surface area contributed by atoms with E-state index < -0.39 is 0 Å². The summed E-state index contributed by atoms with van der Waals surface area (Å²) < 4.78 is 8.83. The van der Waals surface area contributed by atoms with Gasteiger partial charge in [-0.3, -0.25) is 0 Å². The molecular weight excluding hydrogens is 356 g/mol. The summed E-state index contributed by atoms with van der Waals surface area (Å²) in [5.74, 6) is 0. The molecule has 0 saturated heterocycles. The Labute approximate surface area is 173 Å². The lowest BCUT2D eigenvalue weighted by Gasteiger charge is -2.00. The van der Waals surface area contributed by atoms with Crippen LogP contribution in [-0.2, 0) is 20.6 Å². The summed E-state index contributed by atoms with van der Waals surface area (Å²) in [7, 11) is 4.19. The monoisotopic (exact) mass is 387 g/mol. The van der Waals surface area contributed by atoms with Crippen molar-refractivity contribution in [2.75, 3.05) is 0 Å². The van der Waals surface area contributed by atoms with Gasteiger partial charge in [-0.1, -0.05) is 19.8 Å². The molecule has 0 atom stereocenters. The van der Waals surface area contributed by atoms with E-state index in [1.54, 1.807) is 0 Å². The Morgan fingerprint density at radius 2 is 1.48 bits per heavy atom. The van der Waals surface area contributed by atoms with Crippen LogP contribution in [0.2, 0.25) is 0 Å².